The number of nitrogens with two attached hydrogens (primary N) is 1. The average molecular weight is 291 g/mol. The molecular formula is C11H16BrFN2O. The van der Waals surface area contributed by atoms with E-state index in [9.17, 15) is 9.50 Å². The zero-order valence-electron chi connectivity index (χ0n) is 9.30. The van der Waals surface area contributed by atoms with Crippen LogP contribution in [0, 0.1) is 11.7 Å². The van der Waals surface area contributed by atoms with Crippen LogP contribution in [0.4, 0.5) is 15.8 Å². The number of benzene rings is 1. The van der Waals surface area contributed by atoms with E-state index in [-0.39, 0.29) is 11.7 Å². The van der Waals surface area contributed by atoms with Crippen LogP contribution in [0.3, 0.4) is 0 Å². The van der Waals surface area contributed by atoms with E-state index in [2.05, 4.69) is 21.2 Å². The minimum absolute atomic E-state index is 0.147. The smallest absolute Gasteiger partial charge is 0.139 e. The third-order valence-electron chi connectivity index (χ3n) is 2.36. The lowest BCUT2D eigenvalue weighted by atomic mass is 10.1. The third kappa shape index (κ3) is 3.35. The van der Waals surface area contributed by atoms with E-state index in [1.54, 1.807) is 0 Å². The number of aliphatic hydroxyl groups is 1. The topological polar surface area (TPSA) is 58.3 Å². The molecule has 0 aromatic heterocycles. The summed E-state index contributed by atoms with van der Waals surface area (Å²) in [6.45, 7) is 4.18. The van der Waals surface area contributed by atoms with Gasteiger partial charge < -0.3 is 16.2 Å². The summed E-state index contributed by atoms with van der Waals surface area (Å²) in [5, 5.41) is 12.5. The number of hydrogen-bond acceptors (Lipinski definition) is 3. The van der Waals surface area contributed by atoms with E-state index in [0.717, 1.165) is 0 Å². The largest absolute Gasteiger partial charge is 0.397 e. The van der Waals surface area contributed by atoms with Crippen LogP contribution in [0.5, 0.6) is 0 Å². The SMILES string of the molecule is CC(C)C(O)CNc1cc(F)c(Br)cc1N. The summed E-state index contributed by atoms with van der Waals surface area (Å²) in [6.07, 6.45) is -0.480. The lowest BCUT2D eigenvalue weighted by molar-refractivity contribution is 0.138. The molecule has 0 amide bonds. The minimum atomic E-state index is -0.480. The molecule has 90 valence electrons. The standard InChI is InChI=1S/C11H16BrFN2O/c1-6(2)11(16)5-15-10-4-8(13)7(12)3-9(10)14/h3-4,6,11,15-16H,5,14H2,1-2H3. The van der Waals surface area contributed by atoms with E-state index in [0.29, 0.717) is 22.4 Å². The van der Waals surface area contributed by atoms with Crippen molar-refractivity contribution in [1.29, 1.82) is 0 Å². The molecule has 0 radical (unpaired) electrons. The predicted octanol–water partition coefficient (Wildman–Crippen LogP) is 2.60. The highest BCUT2D eigenvalue weighted by Gasteiger charge is 2.10. The van der Waals surface area contributed by atoms with Crippen LogP contribution in [-0.2, 0) is 0 Å². The molecule has 4 N–H and O–H groups in total. The van der Waals surface area contributed by atoms with Crippen molar-refractivity contribution >= 4 is 27.3 Å². The summed E-state index contributed by atoms with van der Waals surface area (Å²) in [5.74, 6) is -0.232. The Labute approximate surface area is 103 Å². The van der Waals surface area contributed by atoms with Crippen LogP contribution in [0.15, 0.2) is 16.6 Å². The van der Waals surface area contributed by atoms with Crippen LogP contribution in [0.2, 0.25) is 0 Å². The van der Waals surface area contributed by atoms with Gasteiger partial charge in [-0.2, -0.15) is 0 Å². The first-order chi connectivity index (χ1) is 7.41. The maximum Gasteiger partial charge on any atom is 0.139 e. The van der Waals surface area contributed by atoms with E-state index in [4.69, 9.17) is 5.73 Å². The molecule has 0 aliphatic heterocycles. The van der Waals surface area contributed by atoms with Crippen LogP contribution in [-0.4, -0.2) is 17.8 Å². The second-order valence-electron chi connectivity index (χ2n) is 4.05. The Kier molecular flexibility index (Phi) is 4.56. The molecule has 0 aliphatic carbocycles. The maximum absolute atomic E-state index is 13.2. The number of hydrogen-bond donors (Lipinski definition) is 3. The van der Waals surface area contributed by atoms with Gasteiger partial charge in [-0.25, -0.2) is 4.39 Å². The fourth-order valence-electron chi connectivity index (χ4n) is 1.17. The average Bonchev–Trinajstić information content (AvgIpc) is 2.20. The molecule has 16 heavy (non-hydrogen) atoms. The molecule has 0 bridgehead atoms. The Hall–Kier alpha value is -0.810. The fraction of sp³-hybridized carbons (Fsp3) is 0.455. The highest BCUT2D eigenvalue weighted by atomic mass is 79.9. The van der Waals surface area contributed by atoms with E-state index in [1.807, 2.05) is 13.8 Å². The molecule has 1 atom stereocenters. The summed E-state index contributed by atoms with van der Waals surface area (Å²) < 4.78 is 13.6. The monoisotopic (exact) mass is 290 g/mol. The van der Waals surface area contributed by atoms with Crippen molar-refractivity contribution in [3.8, 4) is 0 Å². The first-order valence-corrected chi connectivity index (χ1v) is 5.87. The van der Waals surface area contributed by atoms with Gasteiger partial charge in [-0.1, -0.05) is 13.8 Å². The minimum Gasteiger partial charge on any atom is -0.397 e. The van der Waals surface area contributed by atoms with Gasteiger partial charge in [-0.3, -0.25) is 0 Å². The van der Waals surface area contributed by atoms with Crippen LogP contribution in [0.1, 0.15) is 13.8 Å². The van der Waals surface area contributed by atoms with E-state index < -0.39 is 6.10 Å². The molecular weight excluding hydrogens is 275 g/mol. The van der Waals surface area contributed by atoms with Gasteiger partial charge in [0, 0.05) is 12.6 Å². The van der Waals surface area contributed by atoms with E-state index >= 15 is 0 Å². The predicted molar refractivity (Wildman–Crippen MR) is 67.8 cm³/mol. The van der Waals surface area contributed by atoms with Crippen molar-refractivity contribution in [3.63, 3.8) is 0 Å². The molecule has 5 heteroatoms. The van der Waals surface area contributed by atoms with Gasteiger partial charge >= 0.3 is 0 Å². The van der Waals surface area contributed by atoms with Gasteiger partial charge in [0.05, 0.1) is 22.0 Å². The van der Waals surface area contributed by atoms with Crippen LogP contribution in [0.25, 0.3) is 0 Å². The third-order valence-corrected chi connectivity index (χ3v) is 2.97. The second kappa shape index (κ2) is 5.50. The summed E-state index contributed by atoms with van der Waals surface area (Å²) in [4.78, 5) is 0. The molecule has 0 spiro atoms. The lowest BCUT2D eigenvalue weighted by Crippen LogP contribution is -2.25. The summed E-state index contributed by atoms with van der Waals surface area (Å²) in [7, 11) is 0. The number of halogens is 2. The Morgan fingerprint density at radius 3 is 2.69 bits per heavy atom. The fourth-order valence-corrected chi connectivity index (χ4v) is 1.53. The lowest BCUT2D eigenvalue weighted by Gasteiger charge is -2.17. The van der Waals surface area contributed by atoms with Crippen molar-refractivity contribution in [2.75, 3.05) is 17.6 Å². The number of nitrogen functional groups attached to an aromatic ring is 1. The maximum atomic E-state index is 13.2. The quantitative estimate of drug-likeness (QED) is 0.747. The zero-order valence-corrected chi connectivity index (χ0v) is 10.9. The number of aliphatic hydroxyl groups excluding tert-OH is 1. The summed E-state index contributed by atoms with van der Waals surface area (Å²) in [6, 6.07) is 2.81. The van der Waals surface area contributed by atoms with Crippen molar-refractivity contribution in [1.82, 2.24) is 0 Å². The van der Waals surface area contributed by atoms with E-state index in [1.165, 1.54) is 12.1 Å². The summed E-state index contributed by atoms with van der Waals surface area (Å²) >= 11 is 3.05. The molecule has 1 aromatic carbocycles. The molecule has 0 fully saturated rings. The molecule has 0 saturated heterocycles. The van der Waals surface area contributed by atoms with Crippen molar-refractivity contribution in [2.24, 2.45) is 5.92 Å². The Balaban J connectivity index is 2.71. The van der Waals surface area contributed by atoms with Crippen LogP contribution >= 0.6 is 15.9 Å². The van der Waals surface area contributed by atoms with Gasteiger partial charge in [-0.05, 0) is 27.9 Å². The number of anilines is 2. The second-order valence-corrected chi connectivity index (χ2v) is 4.90. The Morgan fingerprint density at radius 1 is 1.50 bits per heavy atom. The van der Waals surface area contributed by atoms with Crippen molar-refractivity contribution in [2.45, 2.75) is 20.0 Å². The van der Waals surface area contributed by atoms with Gasteiger partial charge in [0.25, 0.3) is 0 Å². The first kappa shape index (κ1) is 13.3. The van der Waals surface area contributed by atoms with Crippen molar-refractivity contribution < 1.29 is 9.50 Å². The van der Waals surface area contributed by atoms with Gasteiger partial charge in [-0.15, -0.1) is 0 Å². The van der Waals surface area contributed by atoms with Gasteiger partial charge in [0.1, 0.15) is 5.82 Å². The highest BCUT2D eigenvalue weighted by Crippen LogP contribution is 2.26. The molecule has 1 unspecified atom stereocenters. The number of rotatable bonds is 4. The molecule has 1 rings (SSSR count). The van der Waals surface area contributed by atoms with Crippen LogP contribution < -0.4 is 11.1 Å². The Bertz CT molecular complexity index is 371. The van der Waals surface area contributed by atoms with Gasteiger partial charge in [0.15, 0.2) is 0 Å². The molecule has 0 aliphatic rings. The first-order valence-electron chi connectivity index (χ1n) is 5.08. The molecule has 0 saturated carbocycles. The molecule has 1 aromatic rings. The Morgan fingerprint density at radius 2 is 2.12 bits per heavy atom. The molecule has 0 heterocycles. The molecule has 3 nitrogen and oxygen atoms in total. The van der Waals surface area contributed by atoms with Crippen molar-refractivity contribution in [3.05, 3.63) is 22.4 Å². The summed E-state index contributed by atoms with van der Waals surface area (Å²) in [5.41, 5.74) is 6.66. The zero-order chi connectivity index (χ0) is 12.3. The highest BCUT2D eigenvalue weighted by molar-refractivity contribution is 9.10. The van der Waals surface area contributed by atoms with Gasteiger partial charge in [0.2, 0.25) is 0 Å². The normalized spacial score (nSPS) is 12.9. The number of nitrogens with one attached hydrogen (secondary N) is 1.